The molecule has 0 nitrogen and oxygen atoms in total. The van der Waals surface area contributed by atoms with Crippen LogP contribution in [0, 0.1) is 18.3 Å². The first-order valence-electron chi connectivity index (χ1n) is 5.05. The van der Waals surface area contributed by atoms with Gasteiger partial charge in [-0.15, -0.1) is 0 Å². The van der Waals surface area contributed by atoms with E-state index in [4.69, 9.17) is 0 Å². The highest BCUT2D eigenvalue weighted by atomic mass is 14.1. The van der Waals surface area contributed by atoms with E-state index in [-0.39, 0.29) is 0 Å². The van der Waals surface area contributed by atoms with Crippen molar-refractivity contribution in [3.8, 4) is 0 Å². The van der Waals surface area contributed by atoms with Crippen molar-refractivity contribution in [3.63, 3.8) is 0 Å². The predicted molar refractivity (Wildman–Crippen MR) is 52.4 cm³/mol. The Morgan fingerprint density at radius 3 is 2.27 bits per heavy atom. The van der Waals surface area contributed by atoms with E-state index in [1.165, 1.54) is 25.7 Å². The Labute approximate surface area is 72.4 Å². The largest absolute Gasteiger partial charge is 0.0654 e. The summed E-state index contributed by atoms with van der Waals surface area (Å²) in [4.78, 5) is 0. The van der Waals surface area contributed by atoms with Crippen LogP contribution in [0.1, 0.15) is 53.4 Å². The summed E-state index contributed by atoms with van der Waals surface area (Å²) in [6.07, 6.45) is 7.78. The van der Waals surface area contributed by atoms with Crippen LogP contribution in [0.3, 0.4) is 0 Å². The SMILES string of the molecule is CC[CH]C(C)C(C)CCCC. The fourth-order valence-electron chi connectivity index (χ4n) is 1.39. The van der Waals surface area contributed by atoms with Gasteiger partial charge < -0.3 is 0 Å². The minimum atomic E-state index is 0.812. The van der Waals surface area contributed by atoms with Gasteiger partial charge in [-0.2, -0.15) is 0 Å². The fraction of sp³-hybridized carbons (Fsp3) is 0.909. The van der Waals surface area contributed by atoms with Crippen molar-refractivity contribution in [1.82, 2.24) is 0 Å². The molecular formula is C11H23. The van der Waals surface area contributed by atoms with Gasteiger partial charge in [0.25, 0.3) is 0 Å². The van der Waals surface area contributed by atoms with Crippen LogP contribution in [0.2, 0.25) is 0 Å². The monoisotopic (exact) mass is 155 g/mol. The summed E-state index contributed by atoms with van der Waals surface area (Å²) < 4.78 is 0. The maximum absolute atomic E-state index is 2.43. The molecule has 0 heteroatoms. The van der Waals surface area contributed by atoms with E-state index in [0.717, 1.165) is 11.8 Å². The summed E-state index contributed by atoms with van der Waals surface area (Å²) >= 11 is 0. The van der Waals surface area contributed by atoms with E-state index in [1.807, 2.05) is 0 Å². The van der Waals surface area contributed by atoms with Crippen molar-refractivity contribution in [3.05, 3.63) is 6.42 Å². The van der Waals surface area contributed by atoms with Gasteiger partial charge in [0.2, 0.25) is 0 Å². The van der Waals surface area contributed by atoms with E-state index < -0.39 is 0 Å². The molecule has 0 N–H and O–H groups in total. The van der Waals surface area contributed by atoms with Crippen LogP contribution >= 0.6 is 0 Å². The van der Waals surface area contributed by atoms with Gasteiger partial charge in [-0.3, -0.25) is 0 Å². The first-order chi connectivity index (χ1) is 5.22. The Morgan fingerprint density at radius 2 is 1.82 bits per heavy atom. The maximum Gasteiger partial charge on any atom is -0.0358 e. The standard InChI is InChI=1S/C11H23/c1-5-7-9-11(4)10(3)8-6-2/h8,10-11H,5-7,9H2,1-4H3. The molecule has 0 fully saturated rings. The third-order valence-electron chi connectivity index (χ3n) is 2.52. The van der Waals surface area contributed by atoms with Gasteiger partial charge in [-0.05, 0) is 18.3 Å². The highest BCUT2D eigenvalue weighted by Crippen LogP contribution is 2.20. The van der Waals surface area contributed by atoms with Crippen molar-refractivity contribution in [2.75, 3.05) is 0 Å². The zero-order chi connectivity index (χ0) is 8.69. The second-order valence-electron chi connectivity index (χ2n) is 3.62. The molecule has 2 atom stereocenters. The molecule has 0 saturated heterocycles. The van der Waals surface area contributed by atoms with Crippen LogP contribution in [-0.4, -0.2) is 0 Å². The van der Waals surface area contributed by atoms with E-state index in [0.29, 0.717) is 0 Å². The zero-order valence-corrected chi connectivity index (χ0v) is 8.56. The molecule has 0 aromatic carbocycles. The highest BCUT2D eigenvalue weighted by Gasteiger charge is 2.09. The molecule has 0 aromatic heterocycles. The van der Waals surface area contributed by atoms with Crippen LogP contribution in [0.25, 0.3) is 0 Å². The molecule has 0 aliphatic rings. The summed E-state index contributed by atoms with van der Waals surface area (Å²) in [6.45, 7) is 9.19. The highest BCUT2D eigenvalue weighted by molar-refractivity contribution is 4.75. The Hall–Kier alpha value is 0. The Bertz CT molecular complexity index is 76.1. The zero-order valence-electron chi connectivity index (χ0n) is 8.56. The van der Waals surface area contributed by atoms with E-state index in [1.54, 1.807) is 0 Å². The molecule has 0 aliphatic heterocycles. The fourth-order valence-corrected chi connectivity index (χ4v) is 1.39. The van der Waals surface area contributed by atoms with E-state index in [9.17, 15) is 0 Å². The molecule has 11 heavy (non-hydrogen) atoms. The molecule has 0 bridgehead atoms. The third-order valence-corrected chi connectivity index (χ3v) is 2.52. The van der Waals surface area contributed by atoms with E-state index >= 15 is 0 Å². The van der Waals surface area contributed by atoms with Crippen LogP contribution in [-0.2, 0) is 0 Å². The lowest BCUT2D eigenvalue weighted by molar-refractivity contribution is 0.388. The Kier molecular flexibility index (Phi) is 6.69. The van der Waals surface area contributed by atoms with E-state index in [2.05, 4.69) is 34.1 Å². The average molecular weight is 155 g/mol. The minimum Gasteiger partial charge on any atom is -0.0654 e. The van der Waals surface area contributed by atoms with Crippen LogP contribution in [0.4, 0.5) is 0 Å². The summed E-state index contributed by atoms with van der Waals surface area (Å²) in [7, 11) is 0. The topological polar surface area (TPSA) is 0 Å². The Morgan fingerprint density at radius 1 is 1.18 bits per heavy atom. The second-order valence-corrected chi connectivity index (χ2v) is 3.62. The molecule has 1 radical (unpaired) electrons. The van der Waals surface area contributed by atoms with Gasteiger partial charge >= 0.3 is 0 Å². The van der Waals surface area contributed by atoms with Crippen molar-refractivity contribution >= 4 is 0 Å². The molecule has 0 aliphatic carbocycles. The van der Waals surface area contributed by atoms with Crippen LogP contribution < -0.4 is 0 Å². The molecule has 0 spiro atoms. The molecule has 0 aromatic rings. The molecule has 0 amide bonds. The lowest BCUT2D eigenvalue weighted by atomic mass is 9.88. The molecule has 0 rings (SSSR count). The first kappa shape index (κ1) is 11.0. The second kappa shape index (κ2) is 6.69. The summed E-state index contributed by atoms with van der Waals surface area (Å²) in [6, 6.07) is 0. The summed E-state index contributed by atoms with van der Waals surface area (Å²) in [5.74, 6) is 1.70. The first-order valence-corrected chi connectivity index (χ1v) is 5.05. The van der Waals surface area contributed by atoms with Gasteiger partial charge in [0.15, 0.2) is 0 Å². The molecule has 2 unspecified atom stereocenters. The van der Waals surface area contributed by atoms with Gasteiger partial charge in [0.05, 0.1) is 0 Å². The molecular weight excluding hydrogens is 132 g/mol. The normalized spacial score (nSPS) is 16.4. The summed E-state index contributed by atoms with van der Waals surface area (Å²) in [5, 5.41) is 0. The van der Waals surface area contributed by atoms with Crippen molar-refractivity contribution in [2.45, 2.75) is 53.4 Å². The molecule has 0 saturated carbocycles. The van der Waals surface area contributed by atoms with Gasteiger partial charge in [-0.25, -0.2) is 0 Å². The van der Waals surface area contributed by atoms with Crippen molar-refractivity contribution in [2.24, 2.45) is 11.8 Å². The number of hydrogen-bond acceptors (Lipinski definition) is 0. The lowest BCUT2D eigenvalue weighted by Gasteiger charge is -2.18. The van der Waals surface area contributed by atoms with Crippen LogP contribution in [0.5, 0.6) is 0 Å². The predicted octanol–water partition coefficient (Wildman–Crippen LogP) is 4.06. The van der Waals surface area contributed by atoms with Gasteiger partial charge in [-0.1, -0.05) is 53.4 Å². The van der Waals surface area contributed by atoms with Crippen LogP contribution in [0.15, 0.2) is 0 Å². The average Bonchev–Trinajstić information content (AvgIpc) is 2.00. The molecule has 67 valence electrons. The van der Waals surface area contributed by atoms with Crippen molar-refractivity contribution in [1.29, 1.82) is 0 Å². The van der Waals surface area contributed by atoms with Gasteiger partial charge in [0, 0.05) is 0 Å². The smallest absolute Gasteiger partial charge is 0.0358 e. The minimum absolute atomic E-state index is 0.812. The summed E-state index contributed by atoms with van der Waals surface area (Å²) in [5.41, 5.74) is 0. The lowest BCUT2D eigenvalue weighted by Crippen LogP contribution is -2.07. The van der Waals surface area contributed by atoms with Crippen molar-refractivity contribution < 1.29 is 0 Å². The number of unbranched alkanes of at least 4 members (excludes halogenated alkanes) is 1. The maximum atomic E-state index is 2.43. The number of rotatable bonds is 6. The quantitative estimate of drug-likeness (QED) is 0.542. The Balaban J connectivity index is 3.38. The number of hydrogen-bond donors (Lipinski definition) is 0. The third kappa shape index (κ3) is 5.29. The molecule has 0 heterocycles. The van der Waals surface area contributed by atoms with Gasteiger partial charge in [0.1, 0.15) is 0 Å².